The smallest absolute Gasteiger partial charge is 0.188 e. The summed E-state index contributed by atoms with van der Waals surface area (Å²) in [5.74, 6) is 0.760. The second kappa shape index (κ2) is 5.24. The Labute approximate surface area is 111 Å². The summed E-state index contributed by atoms with van der Waals surface area (Å²) in [5.41, 5.74) is 1.53. The number of ketones is 1. The predicted molar refractivity (Wildman–Crippen MR) is 71.9 cm³/mol. The standard InChI is InChI=1S/C14H14Cl2O/c1-9-2-4-10(5-3-9)14(17)11-6-7-12(15)13(16)8-11/h4,6-9H,2-3,5H2,1H3. The first-order valence-corrected chi connectivity index (χ1v) is 6.52. The van der Waals surface area contributed by atoms with Crippen molar-refractivity contribution in [2.45, 2.75) is 26.2 Å². The lowest BCUT2D eigenvalue weighted by atomic mass is 9.87. The van der Waals surface area contributed by atoms with Crippen LogP contribution in [-0.2, 0) is 0 Å². The maximum atomic E-state index is 12.2. The number of benzene rings is 1. The van der Waals surface area contributed by atoms with Crippen LogP contribution in [0, 0.1) is 5.92 Å². The number of carbonyl (C=O) groups is 1. The third-order valence-electron chi connectivity index (χ3n) is 3.15. The van der Waals surface area contributed by atoms with Crippen LogP contribution in [0.15, 0.2) is 29.8 Å². The number of hydrogen-bond donors (Lipinski definition) is 0. The zero-order valence-corrected chi connectivity index (χ0v) is 11.2. The molecule has 0 spiro atoms. The lowest BCUT2D eigenvalue weighted by molar-refractivity contribution is 0.102. The molecule has 1 aliphatic carbocycles. The molecule has 2 rings (SSSR count). The number of allylic oxidation sites excluding steroid dienone is 2. The van der Waals surface area contributed by atoms with Crippen LogP contribution in [0.25, 0.3) is 0 Å². The van der Waals surface area contributed by atoms with Crippen LogP contribution in [-0.4, -0.2) is 5.78 Å². The molecule has 0 aromatic heterocycles. The van der Waals surface area contributed by atoms with E-state index >= 15 is 0 Å². The Morgan fingerprint density at radius 1 is 1.29 bits per heavy atom. The van der Waals surface area contributed by atoms with Gasteiger partial charge in [-0.2, -0.15) is 0 Å². The van der Waals surface area contributed by atoms with E-state index in [4.69, 9.17) is 23.2 Å². The third kappa shape index (κ3) is 2.91. The van der Waals surface area contributed by atoms with Gasteiger partial charge in [0.1, 0.15) is 0 Å². The molecule has 1 aromatic carbocycles. The fourth-order valence-electron chi connectivity index (χ4n) is 1.99. The molecule has 3 heteroatoms. The summed E-state index contributed by atoms with van der Waals surface area (Å²) in [6.07, 6.45) is 4.99. The van der Waals surface area contributed by atoms with Gasteiger partial charge in [0.2, 0.25) is 0 Å². The van der Waals surface area contributed by atoms with Crippen molar-refractivity contribution in [2.75, 3.05) is 0 Å². The highest BCUT2D eigenvalue weighted by molar-refractivity contribution is 6.42. The Balaban J connectivity index is 2.22. The SMILES string of the molecule is CC1CC=C(C(=O)c2ccc(Cl)c(Cl)c2)CC1. The number of carbonyl (C=O) groups excluding carboxylic acids is 1. The summed E-state index contributed by atoms with van der Waals surface area (Å²) in [6, 6.07) is 5.05. The van der Waals surface area contributed by atoms with E-state index in [0.29, 0.717) is 21.5 Å². The topological polar surface area (TPSA) is 17.1 Å². The maximum absolute atomic E-state index is 12.2. The first-order chi connectivity index (χ1) is 8.08. The largest absolute Gasteiger partial charge is 0.289 e. The van der Waals surface area contributed by atoms with Crippen molar-refractivity contribution in [2.24, 2.45) is 5.92 Å². The number of halogens is 2. The van der Waals surface area contributed by atoms with E-state index in [1.807, 2.05) is 0 Å². The van der Waals surface area contributed by atoms with E-state index in [0.717, 1.165) is 24.8 Å². The molecule has 1 atom stereocenters. The van der Waals surface area contributed by atoms with Gasteiger partial charge in [-0.05, 0) is 49.0 Å². The van der Waals surface area contributed by atoms with Crippen molar-refractivity contribution < 1.29 is 4.79 Å². The van der Waals surface area contributed by atoms with Crippen LogP contribution < -0.4 is 0 Å². The highest BCUT2D eigenvalue weighted by Gasteiger charge is 2.17. The fourth-order valence-corrected chi connectivity index (χ4v) is 2.29. The van der Waals surface area contributed by atoms with Gasteiger partial charge in [-0.3, -0.25) is 4.79 Å². The van der Waals surface area contributed by atoms with Crippen molar-refractivity contribution >= 4 is 29.0 Å². The molecule has 90 valence electrons. The monoisotopic (exact) mass is 268 g/mol. The zero-order valence-electron chi connectivity index (χ0n) is 9.67. The minimum absolute atomic E-state index is 0.0791. The molecule has 0 saturated heterocycles. The van der Waals surface area contributed by atoms with Crippen LogP contribution in [0.3, 0.4) is 0 Å². The van der Waals surface area contributed by atoms with E-state index in [9.17, 15) is 4.79 Å². The lowest BCUT2D eigenvalue weighted by Gasteiger charge is -2.17. The molecule has 1 unspecified atom stereocenters. The quantitative estimate of drug-likeness (QED) is 0.696. The molecule has 1 aliphatic rings. The molecule has 0 N–H and O–H groups in total. The van der Waals surface area contributed by atoms with Gasteiger partial charge < -0.3 is 0 Å². The molecule has 1 aromatic rings. The maximum Gasteiger partial charge on any atom is 0.188 e. The minimum atomic E-state index is 0.0791. The summed E-state index contributed by atoms with van der Waals surface area (Å²) in [5, 5.41) is 0.914. The van der Waals surface area contributed by atoms with Gasteiger partial charge in [0.15, 0.2) is 5.78 Å². The molecule has 0 saturated carbocycles. The van der Waals surface area contributed by atoms with Crippen LogP contribution in [0.5, 0.6) is 0 Å². The average molecular weight is 269 g/mol. The van der Waals surface area contributed by atoms with Gasteiger partial charge in [-0.15, -0.1) is 0 Å². The van der Waals surface area contributed by atoms with Crippen molar-refractivity contribution in [1.29, 1.82) is 0 Å². The van der Waals surface area contributed by atoms with Crippen molar-refractivity contribution in [3.05, 3.63) is 45.5 Å². The van der Waals surface area contributed by atoms with Gasteiger partial charge >= 0.3 is 0 Å². The second-order valence-electron chi connectivity index (χ2n) is 4.57. The van der Waals surface area contributed by atoms with Crippen LogP contribution in [0.1, 0.15) is 36.5 Å². The first-order valence-electron chi connectivity index (χ1n) is 5.76. The molecule has 0 aliphatic heterocycles. The van der Waals surface area contributed by atoms with Gasteiger partial charge in [0, 0.05) is 5.56 Å². The molecule has 17 heavy (non-hydrogen) atoms. The summed E-state index contributed by atoms with van der Waals surface area (Å²) >= 11 is 11.7. The van der Waals surface area contributed by atoms with E-state index in [2.05, 4.69) is 13.0 Å². The summed E-state index contributed by atoms with van der Waals surface area (Å²) in [4.78, 5) is 12.2. The molecule has 1 nitrogen and oxygen atoms in total. The Bertz CT molecular complexity index is 477. The van der Waals surface area contributed by atoms with E-state index < -0.39 is 0 Å². The Kier molecular flexibility index (Phi) is 3.90. The third-order valence-corrected chi connectivity index (χ3v) is 3.89. The highest BCUT2D eigenvalue weighted by atomic mass is 35.5. The first kappa shape index (κ1) is 12.7. The van der Waals surface area contributed by atoms with Crippen molar-refractivity contribution in [3.8, 4) is 0 Å². The summed E-state index contributed by atoms with van der Waals surface area (Å²) in [6.45, 7) is 2.21. The summed E-state index contributed by atoms with van der Waals surface area (Å²) < 4.78 is 0. The van der Waals surface area contributed by atoms with Crippen molar-refractivity contribution in [1.82, 2.24) is 0 Å². The Morgan fingerprint density at radius 3 is 2.65 bits per heavy atom. The highest BCUT2D eigenvalue weighted by Crippen LogP contribution is 2.28. The van der Waals surface area contributed by atoms with Crippen LogP contribution >= 0.6 is 23.2 Å². The van der Waals surface area contributed by atoms with Gasteiger partial charge in [-0.1, -0.05) is 36.2 Å². The minimum Gasteiger partial charge on any atom is -0.289 e. The Morgan fingerprint density at radius 2 is 2.06 bits per heavy atom. The van der Waals surface area contributed by atoms with Crippen LogP contribution in [0.2, 0.25) is 10.0 Å². The van der Waals surface area contributed by atoms with Crippen molar-refractivity contribution in [3.63, 3.8) is 0 Å². The number of hydrogen-bond acceptors (Lipinski definition) is 1. The molecule has 0 radical (unpaired) electrons. The van der Waals surface area contributed by atoms with E-state index in [-0.39, 0.29) is 5.78 Å². The van der Waals surface area contributed by atoms with Gasteiger partial charge in [0.25, 0.3) is 0 Å². The number of Topliss-reactive ketones (excluding diaryl/α,β-unsaturated/α-hetero) is 1. The average Bonchev–Trinajstić information content (AvgIpc) is 2.33. The Hall–Kier alpha value is -0.790. The zero-order chi connectivity index (χ0) is 12.4. The van der Waals surface area contributed by atoms with Crippen LogP contribution in [0.4, 0.5) is 0 Å². The lowest BCUT2D eigenvalue weighted by Crippen LogP contribution is -2.10. The molecule has 0 amide bonds. The van der Waals surface area contributed by atoms with E-state index in [1.165, 1.54) is 0 Å². The predicted octanol–water partition coefficient (Wildman–Crippen LogP) is 4.92. The molecule has 0 fully saturated rings. The normalized spacial score (nSPS) is 19.9. The molecular weight excluding hydrogens is 255 g/mol. The van der Waals surface area contributed by atoms with E-state index in [1.54, 1.807) is 18.2 Å². The second-order valence-corrected chi connectivity index (χ2v) is 5.38. The molecule has 0 bridgehead atoms. The molecular formula is C14H14Cl2O. The fraction of sp³-hybridized carbons (Fsp3) is 0.357. The summed E-state index contributed by atoms with van der Waals surface area (Å²) in [7, 11) is 0. The molecule has 0 heterocycles. The van der Waals surface area contributed by atoms with Gasteiger partial charge in [-0.25, -0.2) is 0 Å². The van der Waals surface area contributed by atoms with Gasteiger partial charge in [0.05, 0.1) is 10.0 Å². The number of rotatable bonds is 2.